The number of carbonyl (C=O) groups excluding carboxylic acids is 2. The maximum absolute atomic E-state index is 13.7. The third-order valence-corrected chi connectivity index (χ3v) is 3.91. The maximum Gasteiger partial charge on any atom is 0.255 e. The van der Waals surface area contributed by atoms with Crippen molar-refractivity contribution in [2.24, 2.45) is 0 Å². The lowest BCUT2D eigenvalue weighted by Crippen LogP contribution is -2.14. The summed E-state index contributed by atoms with van der Waals surface area (Å²) in [5.74, 6) is -0.0837. The van der Waals surface area contributed by atoms with E-state index < -0.39 is 17.6 Å². The van der Waals surface area contributed by atoms with Crippen LogP contribution in [-0.2, 0) is 4.79 Å². The molecule has 0 saturated carbocycles. The topological polar surface area (TPSA) is 67.4 Å². The first-order valence-corrected chi connectivity index (χ1v) is 8.64. The van der Waals surface area contributed by atoms with Crippen LogP contribution in [0.15, 0.2) is 66.7 Å². The molecule has 142 valence electrons. The Kier molecular flexibility index (Phi) is 5.69. The third-order valence-electron chi connectivity index (χ3n) is 3.91. The van der Waals surface area contributed by atoms with Crippen LogP contribution in [0.25, 0.3) is 0 Å². The number of anilines is 2. The molecule has 0 radical (unpaired) electrons. The standard InChI is InChI=1S/C22H19FN2O3/c1-14-3-8-18(9-4-14)28-19-10-6-17(7-11-19)25-22(27)16-5-12-20(23)21(13-16)24-15(2)26/h3-13H,1-2H3,(H,24,26)(H,25,27). The Bertz CT molecular complexity index is 999. The SMILES string of the molecule is CC(=O)Nc1cc(C(=O)Nc2ccc(Oc3ccc(C)cc3)cc2)ccc1F. The van der Waals surface area contributed by atoms with Crippen LogP contribution >= 0.6 is 0 Å². The molecule has 2 N–H and O–H groups in total. The highest BCUT2D eigenvalue weighted by molar-refractivity contribution is 6.05. The van der Waals surface area contributed by atoms with Crippen molar-refractivity contribution in [3.8, 4) is 11.5 Å². The van der Waals surface area contributed by atoms with Gasteiger partial charge in [-0.1, -0.05) is 17.7 Å². The fourth-order valence-corrected chi connectivity index (χ4v) is 2.50. The molecule has 0 aliphatic carbocycles. The normalized spacial score (nSPS) is 10.2. The van der Waals surface area contributed by atoms with E-state index in [1.165, 1.54) is 19.1 Å². The number of benzene rings is 3. The maximum atomic E-state index is 13.7. The predicted molar refractivity (Wildman–Crippen MR) is 106 cm³/mol. The first-order chi connectivity index (χ1) is 13.4. The minimum Gasteiger partial charge on any atom is -0.457 e. The van der Waals surface area contributed by atoms with E-state index in [1.807, 2.05) is 31.2 Å². The number of hydrogen-bond acceptors (Lipinski definition) is 3. The quantitative estimate of drug-likeness (QED) is 0.646. The molecule has 3 aromatic rings. The molecular weight excluding hydrogens is 359 g/mol. The van der Waals surface area contributed by atoms with Gasteiger partial charge in [0.25, 0.3) is 5.91 Å². The van der Waals surface area contributed by atoms with Crippen LogP contribution < -0.4 is 15.4 Å². The number of carbonyl (C=O) groups is 2. The fraction of sp³-hybridized carbons (Fsp3) is 0.0909. The molecule has 0 fully saturated rings. The first-order valence-electron chi connectivity index (χ1n) is 8.64. The third kappa shape index (κ3) is 4.94. The molecule has 0 aliphatic rings. The van der Waals surface area contributed by atoms with Crippen LogP contribution in [0, 0.1) is 12.7 Å². The zero-order chi connectivity index (χ0) is 20.1. The van der Waals surface area contributed by atoms with Gasteiger partial charge in [-0.2, -0.15) is 0 Å². The van der Waals surface area contributed by atoms with Gasteiger partial charge in [0.05, 0.1) is 5.69 Å². The van der Waals surface area contributed by atoms with Gasteiger partial charge in [-0.05, 0) is 61.5 Å². The second kappa shape index (κ2) is 8.35. The van der Waals surface area contributed by atoms with Gasteiger partial charge in [0.2, 0.25) is 5.91 Å². The molecule has 6 heteroatoms. The van der Waals surface area contributed by atoms with Gasteiger partial charge < -0.3 is 15.4 Å². The number of halogens is 1. The molecule has 3 rings (SSSR count). The Morgan fingerprint density at radius 1 is 0.857 bits per heavy atom. The minimum absolute atomic E-state index is 0.0398. The Morgan fingerprint density at radius 2 is 1.46 bits per heavy atom. The van der Waals surface area contributed by atoms with E-state index in [-0.39, 0.29) is 11.3 Å². The number of nitrogens with one attached hydrogen (secondary N) is 2. The second-order valence-electron chi connectivity index (χ2n) is 6.27. The summed E-state index contributed by atoms with van der Waals surface area (Å²) in [6.45, 7) is 3.27. The van der Waals surface area contributed by atoms with Crippen molar-refractivity contribution in [2.75, 3.05) is 10.6 Å². The summed E-state index contributed by atoms with van der Waals surface area (Å²) in [5, 5.41) is 5.08. The van der Waals surface area contributed by atoms with Crippen molar-refractivity contribution >= 4 is 23.2 Å². The molecule has 0 atom stereocenters. The van der Waals surface area contributed by atoms with Crippen molar-refractivity contribution in [2.45, 2.75) is 13.8 Å². The van der Waals surface area contributed by atoms with E-state index in [9.17, 15) is 14.0 Å². The molecule has 0 spiro atoms. The van der Waals surface area contributed by atoms with Crippen LogP contribution in [0.1, 0.15) is 22.8 Å². The molecule has 2 amide bonds. The van der Waals surface area contributed by atoms with Crippen molar-refractivity contribution in [1.82, 2.24) is 0 Å². The van der Waals surface area contributed by atoms with Crippen LogP contribution in [0.3, 0.4) is 0 Å². The average Bonchev–Trinajstić information content (AvgIpc) is 2.66. The van der Waals surface area contributed by atoms with Gasteiger partial charge in [0, 0.05) is 18.2 Å². The van der Waals surface area contributed by atoms with E-state index in [1.54, 1.807) is 24.3 Å². The molecule has 5 nitrogen and oxygen atoms in total. The van der Waals surface area contributed by atoms with Gasteiger partial charge in [-0.25, -0.2) is 4.39 Å². The molecule has 0 bridgehead atoms. The zero-order valence-corrected chi connectivity index (χ0v) is 15.5. The number of amides is 2. The van der Waals surface area contributed by atoms with Gasteiger partial charge in [0.15, 0.2) is 0 Å². The van der Waals surface area contributed by atoms with Crippen LogP contribution in [0.2, 0.25) is 0 Å². The fourth-order valence-electron chi connectivity index (χ4n) is 2.50. The monoisotopic (exact) mass is 378 g/mol. The summed E-state index contributed by atoms with van der Waals surface area (Å²) in [6.07, 6.45) is 0. The summed E-state index contributed by atoms with van der Waals surface area (Å²) < 4.78 is 19.5. The van der Waals surface area contributed by atoms with Crippen molar-refractivity contribution in [1.29, 1.82) is 0 Å². The second-order valence-corrected chi connectivity index (χ2v) is 6.27. The van der Waals surface area contributed by atoms with E-state index >= 15 is 0 Å². The largest absolute Gasteiger partial charge is 0.457 e. The number of hydrogen-bond donors (Lipinski definition) is 2. The van der Waals surface area contributed by atoms with Crippen molar-refractivity contribution in [3.05, 3.63) is 83.7 Å². The molecule has 0 unspecified atom stereocenters. The highest BCUT2D eigenvalue weighted by Gasteiger charge is 2.11. The molecular formula is C22H19FN2O3. The number of aryl methyl sites for hydroxylation is 1. The molecule has 28 heavy (non-hydrogen) atoms. The number of rotatable bonds is 5. The van der Waals surface area contributed by atoms with E-state index in [0.29, 0.717) is 11.4 Å². The van der Waals surface area contributed by atoms with Gasteiger partial charge in [0.1, 0.15) is 17.3 Å². The molecule has 0 aliphatic heterocycles. The Hall–Kier alpha value is -3.67. The summed E-state index contributed by atoms with van der Waals surface area (Å²) in [7, 11) is 0. The Labute approximate surface area is 162 Å². The molecule has 0 aromatic heterocycles. The van der Waals surface area contributed by atoms with Crippen molar-refractivity contribution < 1.29 is 18.7 Å². The van der Waals surface area contributed by atoms with E-state index in [0.717, 1.165) is 17.4 Å². The lowest BCUT2D eigenvalue weighted by Gasteiger charge is -2.10. The van der Waals surface area contributed by atoms with Gasteiger partial charge >= 0.3 is 0 Å². The minimum atomic E-state index is -0.607. The van der Waals surface area contributed by atoms with Gasteiger partial charge in [-0.15, -0.1) is 0 Å². The summed E-state index contributed by atoms with van der Waals surface area (Å²) in [4.78, 5) is 23.5. The first kappa shape index (κ1) is 19.1. The smallest absolute Gasteiger partial charge is 0.255 e. The Morgan fingerprint density at radius 3 is 2.07 bits per heavy atom. The Balaban J connectivity index is 1.67. The summed E-state index contributed by atoms with van der Waals surface area (Å²) >= 11 is 0. The van der Waals surface area contributed by atoms with Crippen molar-refractivity contribution in [3.63, 3.8) is 0 Å². The van der Waals surface area contributed by atoms with E-state index in [2.05, 4.69) is 10.6 Å². The summed E-state index contributed by atoms with van der Waals surface area (Å²) in [5.41, 5.74) is 1.90. The van der Waals surface area contributed by atoms with Gasteiger partial charge in [-0.3, -0.25) is 9.59 Å². The molecule has 0 heterocycles. The van der Waals surface area contributed by atoms with Crippen LogP contribution in [0.5, 0.6) is 11.5 Å². The lowest BCUT2D eigenvalue weighted by molar-refractivity contribution is -0.114. The highest BCUT2D eigenvalue weighted by atomic mass is 19.1. The zero-order valence-electron chi connectivity index (χ0n) is 15.5. The number of ether oxygens (including phenoxy) is 1. The highest BCUT2D eigenvalue weighted by Crippen LogP contribution is 2.24. The van der Waals surface area contributed by atoms with Crippen LogP contribution in [-0.4, -0.2) is 11.8 Å². The molecule has 0 saturated heterocycles. The molecule has 3 aromatic carbocycles. The van der Waals surface area contributed by atoms with E-state index in [4.69, 9.17) is 4.74 Å². The average molecular weight is 378 g/mol. The lowest BCUT2D eigenvalue weighted by atomic mass is 10.1. The van der Waals surface area contributed by atoms with Crippen LogP contribution in [0.4, 0.5) is 15.8 Å². The predicted octanol–water partition coefficient (Wildman–Crippen LogP) is 5.14. The summed E-state index contributed by atoms with van der Waals surface area (Å²) in [6, 6.07) is 18.4.